The van der Waals surface area contributed by atoms with Crippen molar-refractivity contribution in [3.05, 3.63) is 29.6 Å². The Labute approximate surface area is 121 Å². The highest BCUT2D eigenvalue weighted by atomic mass is 19.1. The van der Waals surface area contributed by atoms with Gasteiger partial charge in [0.05, 0.1) is 0 Å². The molecule has 3 heteroatoms. The van der Waals surface area contributed by atoms with E-state index in [1.54, 1.807) is 12.1 Å². The summed E-state index contributed by atoms with van der Waals surface area (Å²) in [6, 6.07) is 6.71. The topological polar surface area (TPSA) is 15.3 Å². The van der Waals surface area contributed by atoms with Gasteiger partial charge < -0.3 is 10.2 Å². The highest BCUT2D eigenvalue weighted by molar-refractivity contribution is 5.50. The van der Waals surface area contributed by atoms with Gasteiger partial charge in [-0.15, -0.1) is 0 Å². The molecule has 3 rings (SSSR count). The first-order chi connectivity index (χ1) is 9.72. The maximum Gasteiger partial charge on any atom is 0.125 e. The van der Waals surface area contributed by atoms with E-state index in [9.17, 15) is 4.39 Å². The highest BCUT2D eigenvalue weighted by Crippen LogP contribution is 2.26. The number of benzene rings is 1. The van der Waals surface area contributed by atoms with Gasteiger partial charge in [-0.2, -0.15) is 0 Å². The van der Waals surface area contributed by atoms with Crippen molar-refractivity contribution in [3.63, 3.8) is 0 Å². The smallest absolute Gasteiger partial charge is 0.125 e. The molecule has 1 N–H and O–H groups in total. The molecule has 110 valence electrons. The van der Waals surface area contributed by atoms with Crippen molar-refractivity contribution in [1.29, 1.82) is 0 Å². The lowest BCUT2D eigenvalue weighted by molar-refractivity contribution is 0.601. The van der Waals surface area contributed by atoms with Gasteiger partial charge in [0.2, 0.25) is 0 Å². The van der Waals surface area contributed by atoms with E-state index in [0.29, 0.717) is 12.1 Å². The third kappa shape index (κ3) is 3.51. The van der Waals surface area contributed by atoms with Gasteiger partial charge in [0.15, 0.2) is 0 Å². The molecule has 0 spiro atoms. The first-order valence-corrected chi connectivity index (χ1v) is 8.02. The Kier molecular flexibility index (Phi) is 4.25. The quantitative estimate of drug-likeness (QED) is 0.898. The molecule has 1 heterocycles. The molecule has 1 aromatic carbocycles. The largest absolute Gasteiger partial charge is 0.369 e. The fraction of sp³-hybridized carbons (Fsp3) is 0.647. The number of hydrogen-bond acceptors (Lipinski definition) is 2. The standard InChI is InChI=1S/C17H25FN2/c1-13-5-3-2-4-8-20(13)17-10-14(9-15(18)11-17)12-19-16-6-7-16/h9-11,13,16,19H,2-8,12H2,1H3. The lowest BCUT2D eigenvalue weighted by atomic mass is 10.1. The number of halogens is 1. The van der Waals surface area contributed by atoms with Crippen molar-refractivity contribution >= 4 is 5.69 Å². The molecule has 0 bridgehead atoms. The third-order valence-corrected chi connectivity index (χ3v) is 4.50. The van der Waals surface area contributed by atoms with Crippen molar-refractivity contribution in [2.75, 3.05) is 11.4 Å². The molecule has 1 saturated heterocycles. The second kappa shape index (κ2) is 6.13. The van der Waals surface area contributed by atoms with Crippen molar-refractivity contribution < 1.29 is 4.39 Å². The number of hydrogen-bond donors (Lipinski definition) is 1. The summed E-state index contributed by atoms with van der Waals surface area (Å²) in [5.74, 6) is -0.105. The molecule has 0 aromatic heterocycles. The van der Waals surface area contributed by atoms with Crippen LogP contribution in [-0.2, 0) is 6.54 Å². The van der Waals surface area contributed by atoms with E-state index in [2.05, 4.69) is 23.2 Å². The Morgan fingerprint density at radius 3 is 2.80 bits per heavy atom. The summed E-state index contributed by atoms with van der Waals surface area (Å²) in [6.07, 6.45) is 7.56. The van der Waals surface area contributed by atoms with Crippen LogP contribution in [0.15, 0.2) is 18.2 Å². The Bertz CT molecular complexity index is 456. The molecule has 0 amide bonds. The number of rotatable bonds is 4. The van der Waals surface area contributed by atoms with Crippen LogP contribution in [0.25, 0.3) is 0 Å². The molecule has 1 atom stereocenters. The summed E-state index contributed by atoms with van der Waals surface area (Å²) in [4.78, 5) is 2.39. The summed E-state index contributed by atoms with van der Waals surface area (Å²) in [5.41, 5.74) is 2.13. The van der Waals surface area contributed by atoms with E-state index >= 15 is 0 Å². The van der Waals surface area contributed by atoms with Gasteiger partial charge in [0.1, 0.15) is 5.82 Å². The molecule has 20 heavy (non-hydrogen) atoms. The van der Waals surface area contributed by atoms with E-state index in [4.69, 9.17) is 0 Å². The van der Waals surface area contributed by atoms with E-state index in [-0.39, 0.29) is 5.82 Å². The van der Waals surface area contributed by atoms with Crippen LogP contribution in [0.3, 0.4) is 0 Å². The highest BCUT2D eigenvalue weighted by Gasteiger charge is 2.21. The fourth-order valence-corrected chi connectivity index (χ4v) is 3.11. The predicted octanol–water partition coefficient (Wildman–Crippen LogP) is 3.85. The summed E-state index contributed by atoms with van der Waals surface area (Å²) in [6.45, 7) is 4.11. The molecule has 2 nitrogen and oxygen atoms in total. The summed E-state index contributed by atoms with van der Waals surface area (Å²) in [5, 5.41) is 3.47. The number of nitrogens with zero attached hydrogens (tertiary/aromatic N) is 1. The van der Waals surface area contributed by atoms with Crippen LogP contribution in [0.5, 0.6) is 0 Å². The van der Waals surface area contributed by atoms with Gasteiger partial charge in [-0.3, -0.25) is 0 Å². The molecule has 0 radical (unpaired) electrons. The Balaban J connectivity index is 1.76. The summed E-state index contributed by atoms with van der Waals surface area (Å²) >= 11 is 0. The normalized spacial score (nSPS) is 23.7. The molecule has 1 saturated carbocycles. The van der Waals surface area contributed by atoms with Gasteiger partial charge in [0.25, 0.3) is 0 Å². The van der Waals surface area contributed by atoms with Gasteiger partial charge in [-0.1, -0.05) is 12.8 Å². The van der Waals surface area contributed by atoms with E-state index in [0.717, 1.165) is 24.3 Å². The number of nitrogens with one attached hydrogen (secondary N) is 1. The first kappa shape index (κ1) is 13.9. The SMILES string of the molecule is CC1CCCCCN1c1cc(F)cc(CNC2CC2)c1. The van der Waals surface area contributed by atoms with E-state index in [1.807, 2.05) is 0 Å². The van der Waals surface area contributed by atoms with Crippen LogP contribution >= 0.6 is 0 Å². The molecular weight excluding hydrogens is 251 g/mol. The molecule has 1 aliphatic carbocycles. The van der Waals surface area contributed by atoms with E-state index < -0.39 is 0 Å². The minimum atomic E-state index is -0.105. The molecule has 1 unspecified atom stereocenters. The monoisotopic (exact) mass is 276 g/mol. The maximum atomic E-state index is 13.9. The van der Waals surface area contributed by atoms with Crippen LogP contribution in [0.1, 0.15) is 51.0 Å². The van der Waals surface area contributed by atoms with Gasteiger partial charge >= 0.3 is 0 Å². The summed E-state index contributed by atoms with van der Waals surface area (Å²) in [7, 11) is 0. The second-order valence-corrected chi connectivity index (χ2v) is 6.36. The van der Waals surface area contributed by atoms with E-state index in [1.165, 1.54) is 38.5 Å². The van der Waals surface area contributed by atoms with Crippen molar-refractivity contribution in [3.8, 4) is 0 Å². The molecule has 1 aromatic rings. The average Bonchev–Trinajstić information content (AvgIpc) is 3.23. The van der Waals surface area contributed by atoms with Crippen molar-refractivity contribution in [2.24, 2.45) is 0 Å². The Hall–Kier alpha value is -1.09. The van der Waals surface area contributed by atoms with Crippen molar-refractivity contribution in [2.45, 2.75) is 64.1 Å². The minimum Gasteiger partial charge on any atom is -0.369 e. The van der Waals surface area contributed by atoms with Crippen LogP contribution in [0.2, 0.25) is 0 Å². The molecule has 1 aliphatic heterocycles. The molecule has 2 fully saturated rings. The molecular formula is C17H25FN2. The van der Waals surface area contributed by atoms with Crippen LogP contribution in [0, 0.1) is 5.82 Å². The number of anilines is 1. The maximum absolute atomic E-state index is 13.9. The lowest BCUT2D eigenvalue weighted by Crippen LogP contribution is -2.32. The second-order valence-electron chi connectivity index (χ2n) is 6.36. The Morgan fingerprint density at radius 2 is 2.00 bits per heavy atom. The van der Waals surface area contributed by atoms with Crippen molar-refractivity contribution in [1.82, 2.24) is 5.32 Å². The van der Waals surface area contributed by atoms with Gasteiger partial charge in [-0.25, -0.2) is 4.39 Å². The van der Waals surface area contributed by atoms with Gasteiger partial charge in [-0.05, 0) is 56.4 Å². The molecule has 2 aliphatic rings. The third-order valence-electron chi connectivity index (χ3n) is 4.50. The zero-order valence-electron chi connectivity index (χ0n) is 12.4. The predicted molar refractivity (Wildman–Crippen MR) is 81.5 cm³/mol. The fourth-order valence-electron chi connectivity index (χ4n) is 3.11. The van der Waals surface area contributed by atoms with Crippen LogP contribution in [-0.4, -0.2) is 18.6 Å². The lowest BCUT2D eigenvalue weighted by Gasteiger charge is -2.30. The zero-order valence-corrected chi connectivity index (χ0v) is 12.4. The van der Waals surface area contributed by atoms with Crippen LogP contribution in [0.4, 0.5) is 10.1 Å². The zero-order chi connectivity index (χ0) is 13.9. The summed E-state index contributed by atoms with van der Waals surface area (Å²) < 4.78 is 13.9. The Morgan fingerprint density at radius 1 is 1.15 bits per heavy atom. The van der Waals surface area contributed by atoms with Gasteiger partial charge in [0, 0.05) is 30.9 Å². The van der Waals surface area contributed by atoms with Crippen LogP contribution < -0.4 is 10.2 Å². The average molecular weight is 276 g/mol. The minimum absolute atomic E-state index is 0.105. The first-order valence-electron chi connectivity index (χ1n) is 8.02.